The lowest BCUT2D eigenvalue weighted by atomic mass is 10.0. The van der Waals surface area contributed by atoms with Gasteiger partial charge >= 0.3 is 0 Å². The number of anilines is 1. The van der Waals surface area contributed by atoms with E-state index in [1.165, 1.54) is 39.9 Å². The third kappa shape index (κ3) is 4.01. The molecule has 2 aliphatic heterocycles. The highest BCUT2D eigenvalue weighted by molar-refractivity contribution is 7.89. The van der Waals surface area contributed by atoms with Gasteiger partial charge in [-0.2, -0.15) is 9.57 Å². The monoisotopic (exact) mass is 444 g/mol. The summed E-state index contributed by atoms with van der Waals surface area (Å²) in [5, 5.41) is 13.0. The molecule has 1 saturated heterocycles. The molecule has 1 fully saturated rings. The Morgan fingerprint density at radius 1 is 1.13 bits per heavy atom. The first-order chi connectivity index (χ1) is 14.4. The van der Waals surface area contributed by atoms with Gasteiger partial charge in [0.25, 0.3) is 5.91 Å². The lowest BCUT2D eigenvalue weighted by Gasteiger charge is -2.25. The number of amides is 1. The molecule has 4 rings (SSSR count). The Morgan fingerprint density at radius 2 is 1.83 bits per heavy atom. The van der Waals surface area contributed by atoms with Crippen LogP contribution in [0.1, 0.15) is 45.6 Å². The zero-order valence-corrected chi connectivity index (χ0v) is 18.5. The van der Waals surface area contributed by atoms with Gasteiger partial charge in [0.1, 0.15) is 11.1 Å². The summed E-state index contributed by atoms with van der Waals surface area (Å²) in [5.74, 6) is -0.347. The van der Waals surface area contributed by atoms with Crippen molar-refractivity contribution in [3.63, 3.8) is 0 Å². The largest absolute Gasteiger partial charge is 0.312 e. The fraction of sp³-hybridized carbons (Fsp3) is 0.429. The van der Waals surface area contributed by atoms with E-state index >= 15 is 0 Å². The molecule has 0 spiro atoms. The molecule has 0 unspecified atom stereocenters. The average Bonchev–Trinajstić information content (AvgIpc) is 3.10. The molecule has 3 heterocycles. The highest BCUT2D eigenvalue weighted by Crippen LogP contribution is 2.36. The van der Waals surface area contributed by atoms with Gasteiger partial charge in [-0.3, -0.25) is 4.79 Å². The topological polar surface area (TPSA) is 93.5 Å². The zero-order chi connectivity index (χ0) is 21.3. The smallest absolute Gasteiger partial charge is 0.256 e. The van der Waals surface area contributed by atoms with Crippen molar-refractivity contribution in [2.75, 3.05) is 32.0 Å². The summed E-state index contributed by atoms with van der Waals surface area (Å²) in [4.78, 5) is 16.2. The Hall–Kier alpha value is -2.25. The van der Waals surface area contributed by atoms with Gasteiger partial charge in [-0.15, -0.1) is 11.3 Å². The van der Waals surface area contributed by atoms with Crippen molar-refractivity contribution in [3.8, 4) is 6.07 Å². The Balaban J connectivity index is 1.52. The van der Waals surface area contributed by atoms with Crippen LogP contribution in [-0.2, 0) is 23.0 Å². The molecule has 1 aromatic heterocycles. The van der Waals surface area contributed by atoms with Crippen molar-refractivity contribution in [2.24, 2.45) is 0 Å². The SMILES string of the molecule is CN1CCc2c(sc(NC(=O)c3ccc(S(=O)(=O)N4CCCCC4)cc3)c2C#N)C1. The minimum Gasteiger partial charge on any atom is -0.312 e. The molecule has 0 bridgehead atoms. The summed E-state index contributed by atoms with van der Waals surface area (Å²) in [6.07, 6.45) is 3.60. The molecular weight excluding hydrogens is 420 g/mol. The molecule has 30 heavy (non-hydrogen) atoms. The van der Waals surface area contributed by atoms with Gasteiger partial charge in [-0.05, 0) is 56.1 Å². The Labute approximate surface area is 181 Å². The standard InChI is InChI=1S/C21H24N4O3S2/c1-24-12-9-17-18(13-22)21(29-19(17)14-24)23-20(26)15-5-7-16(8-6-15)30(27,28)25-10-3-2-4-11-25/h5-8H,2-4,9-12,14H2,1H3,(H,23,26). The van der Waals surface area contributed by atoms with Gasteiger partial charge in [0, 0.05) is 36.6 Å². The van der Waals surface area contributed by atoms with Crippen LogP contribution in [0, 0.1) is 11.3 Å². The molecular formula is C21H24N4O3S2. The summed E-state index contributed by atoms with van der Waals surface area (Å²) in [6, 6.07) is 8.26. The van der Waals surface area contributed by atoms with E-state index in [1.807, 2.05) is 7.05 Å². The van der Waals surface area contributed by atoms with Crippen LogP contribution in [0.3, 0.4) is 0 Å². The predicted octanol–water partition coefficient (Wildman–Crippen LogP) is 3.03. The minimum absolute atomic E-state index is 0.202. The summed E-state index contributed by atoms with van der Waals surface area (Å²) in [6.45, 7) is 2.74. The fourth-order valence-electron chi connectivity index (χ4n) is 3.95. The second kappa shape index (κ2) is 8.47. The first kappa shape index (κ1) is 21.0. The number of hydrogen-bond donors (Lipinski definition) is 1. The van der Waals surface area contributed by atoms with Crippen LogP contribution in [0.25, 0.3) is 0 Å². The van der Waals surface area contributed by atoms with E-state index in [4.69, 9.17) is 0 Å². The van der Waals surface area contributed by atoms with Crippen LogP contribution in [0.2, 0.25) is 0 Å². The minimum atomic E-state index is -3.53. The van der Waals surface area contributed by atoms with E-state index < -0.39 is 10.0 Å². The molecule has 7 nitrogen and oxygen atoms in total. The highest BCUT2D eigenvalue weighted by atomic mass is 32.2. The van der Waals surface area contributed by atoms with Gasteiger partial charge in [-0.1, -0.05) is 6.42 Å². The van der Waals surface area contributed by atoms with E-state index in [-0.39, 0.29) is 10.8 Å². The van der Waals surface area contributed by atoms with Crippen molar-refractivity contribution in [1.29, 1.82) is 5.26 Å². The van der Waals surface area contributed by atoms with Crippen molar-refractivity contribution in [3.05, 3.63) is 45.8 Å². The number of nitrogens with zero attached hydrogens (tertiary/aromatic N) is 3. The maximum Gasteiger partial charge on any atom is 0.256 e. The van der Waals surface area contributed by atoms with E-state index in [9.17, 15) is 18.5 Å². The molecule has 0 aliphatic carbocycles. The molecule has 0 saturated carbocycles. The van der Waals surface area contributed by atoms with Crippen molar-refractivity contribution < 1.29 is 13.2 Å². The summed E-state index contributed by atoms with van der Waals surface area (Å²) in [7, 11) is -1.49. The zero-order valence-electron chi connectivity index (χ0n) is 16.8. The summed E-state index contributed by atoms with van der Waals surface area (Å²) < 4.78 is 27.0. The number of benzene rings is 1. The van der Waals surface area contributed by atoms with Crippen LogP contribution in [0.4, 0.5) is 5.00 Å². The number of piperidine rings is 1. The normalized spacial score (nSPS) is 17.9. The van der Waals surface area contributed by atoms with Gasteiger partial charge in [0.05, 0.1) is 10.5 Å². The van der Waals surface area contributed by atoms with Crippen LogP contribution < -0.4 is 5.32 Å². The quantitative estimate of drug-likeness (QED) is 0.782. The first-order valence-corrected chi connectivity index (χ1v) is 12.3. The van der Waals surface area contributed by atoms with Crippen LogP contribution in [-0.4, -0.2) is 50.2 Å². The first-order valence-electron chi connectivity index (χ1n) is 10.0. The Morgan fingerprint density at radius 3 is 2.50 bits per heavy atom. The molecule has 9 heteroatoms. The summed E-state index contributed by atoms with van der Waals surface area (Å²) >= 11 is 1.44. The number of rotatable bonds is 4. The van der Waals surface area contributed by atoms with E-state index in [1.54, 1.807) is 0 Å². The number of carbonyl (C=O) groups is 1. The number of nitriles is 1. The number of sulfonamides is 1. The van der Waals surface area contributed by atoms with Crippen LogP contribution in [0.5, 0.6) is 0 Å². The predicted molar refractivity (Wildman–Crippen MR) is 116 cm³/mol. The van der Waals surface area contributed by atoms with E-state index in [2.05, 4.69) is 16.3 Å². The van der Waals surface area contributed by atoms with E-state index in [0.29, 0.717) is 29.2 Å². The van der Waals surface area contributed by atoms with Gasteiger partial charge in [-0.25, -0.2) is 8.42 Å². The maximum atomic E-state index is 12.8. The lowest BCUT2D eigenvalue weighted by Crippen LogP contribution is -2.35. The molecule has 1 N–H and O–H groups in total. The highest BCUT2D eigenvalue weighted by Gasteiger charge is 2.27. The number of nitrogens with one attached hydrogen (secondary N) is 1. The third-order valence-electron chi connectivity index (χ3n) is 5.66. The Bertz CT molecular complexity index is 1090. The third-order valence-corrected chi connectivity index (χ3v) is 8.70. The van der Waals surface area contributed by atoms with Gasteiger partial charge in [0.2, 0.25) is 10.0 Å². The second-order valence-corrected chi connectivity index (χ2v) is 10.8. The number of thiophene rings is 1. The van der Waals surface area contributed by atoms with Crippen LogP contribution in [0.15, 0.2) is 29.2 Å². The van der Waals surface area contributed by atoms with Gasteiger partial charge < -0.3 is 10.2 Å². The number of likely N-dealkylation sites (N-methyl/N-ethyl adjacent to an activating group) is 1. The van der Waals surface area contributed by atoms with Crippen LogP contribution >= 0.6 is 11.3 Å². The van der Waals surface area contributed by atoms with Crippen molar-refractivity contribution in [2.45, 2.75) is 37.1 Å². The van der Waals surface area contributed by atoms with Gasteiger partial charge in [0.15, 0.2) is 0 Å². The molecule has 2 aliphatic rings. The van der Waals surface area contributed by atoms with Crippen molar-refractivity contribution in [1.82, 2.24) is 9.21 Å². The molecule has 0 radical (unpaired) electrons. The molecule has 2 aromatic rings. The molecule has 158 valence electrons. The summed E-state index contributed by atoms with van der Waals surface area (Å²) in [5.41, 5.74) is 1.93. The molecule has 1 aromatic carbocycles. The maximum absolute atomic E-state index is 12.8. The number of fused-ring (bicyclic) bond motifs is 1. The van der Waals surface area contributed by atoms with Crippen molar-refractivity contribution >= 4 is 32.3 Å². The molecule has 0 atom stereocenters. The number of hydrogen-bond acceptors (Lipinski definition) is 6. The average molecular weight is 445 g/mol. The van der Waals surface area contributed by atoms with E-state index in [0.717, 1.165) is 49.2 Å². The lowest BCUT2D eigenvalue weighted by molar-refractivity contribution is 0.102. The molecule has 1 amide bonds. The fourth-order valence-corrected chi connectivity index (χ4v) is 6.74. The second-order valence-electron chi connectivity index (χ2n) is 7.75. The Kier molecular flexibility index (Phi) is 5.93. The number of carbonyl (C=O) groups excluding carboxylic acids is 1.